The van der Waals surface area contributed by atoms with Crippen molar-refractivity contribution < 1.29 is 0 Å². The molecule has 0 saturated carbocycles. The van der Waals surface area contributed by atoms with Crippen molar-refractivity contribution in [3.63, 3.8) is 0 Å². The van der Waals surface area contributed by atoms with Gasteiger partial charge in [-0.05, 0) is 19.1 Å². The quantitative estimate of drug-likeness (QED) is 0.330. The number of thiocarbonyl (C=S) groups is 1. The van der Waals surface area contributed by atoms with Crippen molar-refractivity contribution in [1.29, 1.82) is 0 Å². The molecule has 0 spiro atoms. The Labute approximate surface area is 73.2 Å². The van der Waals surface area contributed by atoms with Crippen molar-refractivity contribution in [1.82, 2.24) is 16.2 Å². The summed E-state index contributed by atoms with van der Waals surface area (Å²) in [5.41, 5.74) is 6.77. The van der Waals surface area contributed by atoms with Crippen LogP contribution in [0.4, 0.5) is 0 Å². The fraction of sp³-hybridized carbons (Fsp3) is 0.571. The third-order valence-electron chi connectivity index (χ3n) is 0.929. The molecule has 0 aromatic heterocycles. The molecule has 0 aliphatic heterocycles. The van der Waals surface area contributed by atoms with Gasteiger partial charge in [0, 0.05) is 13.1 Å². The molecule has 3 N–H and O–H groups in total. The summed E-state index contributed by atoms with van der Waals surface area (Å²) >= 11 is 4.91. The van der Waals surface area contributed by atoms with Crippen LogP contribution in [0.3, 0.4) is 0 Å². The van der Waals surface area contributed by atoms with Gasteiger partial charge in [0.25, 0.3) is 0 Å². The van der Waals surface area contributed by atoms with Crippen LogP contribution in [0.1, 0.15) is 13.8 Å². The van der Waals surface area contributed by atoms with Gasteiger partial charge in [0.2, 0.25) is 0 Å². The largest absolute Gasteiger partial charge is 0.358 e. The van der Waals surface area contributed by atoms with Crippen LogP contribution < -0.4 is 16.2 Å². The van der Waals surface area contributed by atoms with Crippen LogP contribution in [0, 0.1) is 0 Å². The molecule has 0 aromatic carbocycles. The van der Waals surface area contributed by atoms with Gasteiger partial charge in [-0.15, -0.1) is 0 Å². The summed E-state index contributed by atoms with van der Waals surface area (Å²) in [6.45, 7) is 9.24. The Morgan fingerprint density at radius 2 is 2.18 bits per heavy atom. The molecular formula is C7H15N3S. The van der Waals surface area contributed by atoms with Crippen LogP contribution in [0.15, 0.2) is 12.2 Å². The lowest BCUT2D eigenvalue weighted by atomic mass is 10.4. The van der Waals surface area contributed by atoms with E-state index in [1.165, 1.54) is 0 Å². The summed E-state index contributed by atoms with van der Waals surface area (Å²) in [6.07, 6.45) is 0. The van der Waals surface area contributed by atoms with E-state index in [9.17, 15) is 0 Å². The third-order valence-corrected chi connectivity index (χ3v) is 1.18. The summed E-state index contributed by atoms with van der Waals surface area (Å²) in [4.78, 5) is 0. The van der Waals surface area contributed by atoms with E-state index in [1.54, 1.807) is 0 Å². The molecule has 0 unspecified atom stereocenters. The summed E-state index contributed by atoms with van der Waals surface area (Å²) in [5.74, 6) is 0. The molecule has 0 rings (SSSR count). The van der Waals surface area contributed by atoms with Crippen molar-refractivity contribution >= 4 is 17.3 Å². The lowest BCUT2D eigenvalue weighted by molar-refractivity contribution is 0.674. The minimum Gasteiger partial charge on any atom is -0.358 e. The van der Waals surface area contributed by atoms with Crippen molar-refractivity contribution in [2.75, 3.05) is 13.1 Å². The van der Waals surface area contributed by atoms with Crippen LogP contribution in [0.25, 0.3) is 0 Å². The maximum absolute atomic E-state index is 4.91. The first-order valence-corrected chi connectivity index (χ1v) is 3.98. The average molecular weight is 173 g/mol. The monoisotopic (exact) mass is 173 g/mol. The zero-order valence-electron chi connectivity index (χ0n) is 7.03. The Hall–Kier alpha value is -0.610. The molecule has 0 saturated heterocycles. The second-order valence-corrected chi connectivity index (χ2v) is 2.70. The maximum Gasteiger partial charge on any atom is 0.181 e. The van der Waals surface area contributed by atoms with Gasteiger partial charge in [0.1, 0.15) is 0 Å². The van der Waals surface area contributed by atoms with Gasteiger partial charge in [-0.1, -0.05) is 19.1 Å². The number of hydrazine groups is 1. The molecule has 0 aromatic rings. The smallest absolute Gasteiger partial charge is 0.181 e. The predicted octanol–water partition coefficient (Wildman–Crippen LogP) is 0.551. The standard InChI is InChI=1S/C7H15N3S/c1-4-9-10-7(11)8-5-6(2)3/h9H,2,4-5H2,1,3H3,(H2,8,10,11). The van der Waals surface area contributed by atoms with E-state index in [1.807, 2.05) is 13.8 Å². The van der Waals surface area contributed by atoms with E-state index in [0.717, 1.165) is 18.7 Å². The minimum absolute atomic E-state index is 0.606. The first-order chi connectivity index (χ1) is 5.16. The van der Waals surface area contributed by atoms with E-state index < -0.39 is 0 Å². The van der Waals surface area contributed by atoms with Crippen LogP contribution in [0.5, 0.6) is 0 Å². The molecule has 0 atom stereocenters. The molecule has 0 fully saturated rings. The molecule has 0 amide bonds. The highest BCUT2D eigenvalue weighted by Gasteiger charge is 1.90. The summed E-state index contributed by atoms with van der Waals surface area (Å²) in [5, 5.41) is 3.58. The summed E-state index contributed by atoms with van der Waals surface area (Å²) < 4.78 is 0. The van der Waals surface area contributed by atoms with Crippen LogP contribution >= 0.6 is 12.2 Å². The fourth-order valence-electron chi connectivity index (χ4n) is 0.444. The van der Waals surface area contributed by atoms with E-state index >= 15 is 0 Å². The zero-order valence-corrected chi connectivity index (χ0v) is 7.85. The maximum atomic E-state index is 4.91. The first-order valence-electron chi connectivity index (χ1n) is 3.58. The number of hydrogen-bond donors (Lipinski definition) is 3. The van der Waals surface area contributed by atoms with Crippen molar-refractivity contribution in [3.05, 3.63) is 12.2 Å². The fourth-order valence-corrected chi connectivity index (χ4v) is 0.588. The molecular weight excluding hydrogens is 158 g/mol. The van der Waals surface area contributed by atoms with Crippen molar-refractivity contribution in [3.8, 4) is 0 Å². The second kappa shape index (κ2) is 6.12. The average Bonchev–Trinajstić information content (AvgIpc) is 1.97. The molecule has 4 heteroatoms. The van der Waals surface area contributed by atoms with Gasteiger partial charge in [-0.3, -0.25) is 5.43 Å². The minimum atomic E-state index is 0.606. The van der Waals surface area contributed by atoms with Crippen LogP contribution in [-0.4, -0.2) is 18.2 Å². The van der Waals surface area contributed by atoms with Crippen molar-refractivity contribution in [2.24, 2.45) is 0 Å². The van der Waals surface area contributed by atoms with E-state index in [-0.39, 0.29) is 0 Å². The van der Waals surface area contributed by atoms with E-state index in [2.05, 4.69) is 22.7 Å². The molecule has 64 valence electrons. The first kappa shape index (κ1) is 10.4. The second-order valence-electron chi connectivity index (χ2n) is 2.30. The van der Waals surface area contributed by atoms with Crippen LogP contribution in [-0.2, 0) is 0 Å². The normalized spacial score (nSPS) is 8.91. The molecule has 0 bridgehead atoms. The Kier molecular flexibility index (Phi) is 5.78. The van der Waals surface area contributed by atoms with E-state index in [0.29, 0.717) is 5.11 Å². The zero-order chi connectivity index (χ0) is 8.69. The van der Waals surface area contributed by atoms with Gasteiger partial charge in [0.15, 0.2) is 5.11 Å². The van der Waals surface area contributed by atoms with Gasteiger partial charge in [-0.25, -0.2) is 5.43 Å². The topological polar surface area (TPSA) is 36.1 Å². The van der Waals surface area contributed by atoms with Gasteiger partial charge < -0.3 is 5.32 Å². The summed E-state index contributed by atoms with van der Waals surface area (Å²) in [7, 11) is 0. The number of rotatable bonds is 4. The van der Waals surface area contributed by atoms with Crippen molar-refractivity contribution in [2.45, 2.75) is 13.8 Å². The molecule has 0 aliphatic rings. The highest BCUT2D eigenvalue weighted by atomic mass is 32.1. The lowest BCUT2D eigenvalue weighted by Crippen LogP contribution is -2.44. The van der Waals surface area contributed by atoms with Gasteiger partial charge >= 0.3 is 0 Å². The van der Waals surface area contributed by atoms with E-state index in [4.69, 9.17) is 12.2 Å². The third kappa shape index (κ3) is 7.29. The summed E-state index contributed by atoms with van der Waals surface area (Å²) in [6, 6.07) is 0. The highest BCUT2D eigenvalue weighted by Crippen LogP contribution is 1.80. The Balaban J connectivity index is 3.30. The lowest BCUT2D eigenvalue weighted by Gasteiger charge is -2.09. The predicted molar refractivity (Wildman–Crippen MR) is 52.2 cm³/mol. The Morgan fingerprint density at radius 1 is 1.55 bits per heavy atom. The number of nitrogens with one attached hydrogen (secondary N) is 3. The molecule has 0 radical (unpaired) electrons. The van der Waals surface area contributed by atoms with Crippen LogP contribution in [0.2, 0.25) is 0 Å². The highest BCUT2D eigenvalue weighted by molar-refractivity contribution is 7.80. The van der Waals surface area contributed by atoms with Gasteiger partial charge in [-0.2, -0.15) is 0 Å². The van der Waals surface area contributed by atoms with Gasteiger partial charge in [0.05, 0.1) is 0 Å². The number of hydrogen-bond acceptors (Lipinski definition) is 2. The Bertz CT molecular complexity index is 145. The molecule has 0 aliphatic carbocycles. The molecule has 3 nitrogen and oxygen atoms in total. The molecule has 11 heavy (non-hydrogen) atoms. The Morgan fingerprint density at radius 3 is 2.64 bits per heavy atom. The SMILES string of the molecule is C=C(C)CNC(=S)NNCC. The molecule has 0 heterocycles.